The molecule has 4 nitrogen and oxygen atoms in total. The molecule has 0 spiro atoms. The Balaban J connectivity index is 2.45. The highest BCUT2D eigenvalue weighted by atomic mass is 19.1. The molecule has 1 aliphatic rings. The van der Waals surface area contributed by atoms with E-state index in [1.165, 1.54) is 25.0 Å². The molecule has 1 aromatic carbocycles. The van der Waals surface area contributed by atoms with Gasteiger partial charge < -0.3 is 15.7 Å². The number of rotatable bonds is 5. The van der Waals surface area contributed by atoms with Crippen LogP contribution in [0, 0.1) is 11.7 Å². The molecule has 104 valence electrons. The van der Waals surface area contributed by atoms with Gasteiger partial charge in [0.2, 0.25) is 0 Å². The standard InChI is InChI=1S/C14H19FN2O2/c1-8(2)17(7-9-3-4-9)11-6-5-10(15)13(16)12(11)14(18)19/h5-6,8-9H,3-4,7,16H2,1-2H3,(H,18,19). The summed E-state index contributed by atoms with van der Waals surface area (Å²) in [5.41, 5.74) is 5.68. The number of benzene rings is 1. The van der Waals surface area contributed by atoms with Crippen molar-refractivity contribution in [3.63, 3.8) is 0 Å². The molecule has 1 fully saturated rings. The minimum atomic E-state index is -1.19. The number of carboxylic acids is 1. The van der Waals surface area contributed by atoms with Crippen molar-refractivity contribution in [3.05, 3.63) is 23.5 Å². The van der Waals surface area contributed by atoms with E-state index in [9.17, 15) is 14.3 Å². The molecule has 0 atom stereocenters. The van der Waals surface area contributed by atoms with Crippen LogP contribution in [0.1, 0.15) is 37.0 Å². The molecule has 1 saturated carbocycles. The average Bonchev–Trinajstić information content (AvgIpc) is 3.12. The molecule has 2 rings (SSSR count). The highest BCUT2D eigenvalue weighted by molar-refractivity contribution is 6.00. The van der Waals surface area contributed by atoms with Crippen LogP contribution in [0.3, 0.4) is 0 Å². The Labute approximate surface area is 112 Å². The first-order valence-electron chi connectivity index (χ1n) is 6.49. The summed E-state index contributed by atoms with van der Waals surface area (Å²) in [6, 6.07) is 2.89. The molecule has 0 amide bonds. The van der Waals surface area contributed by atoms with Crippen molar-refractivity contribution in [2.45, 2.75) is 32.7 Å². The summed E-state index contributed by atoms with van der Waals surface area (Å²) in [7, 11) is 0. The van der Waals surface area contributed by atoms with Crippen molar-refractivity contribution in [3.8, 4) is 0 Å². The Morgan fingerprint density at radius 3 is 2.63 bits per heavy atom. The molecule has 3 N–H and O–H groups in total. The van der Waals surface area contributed by atoms with E-state index >= 15 is 0 Å². The summed E-state index contributed by atoms with van der Waals surface area (Å²) in [6.07, 6.45) is 2.34. The fourth-order valence-corrected chi connectivity index (χ4v) is 2.21. The number of carbonyl (C=O) groups is 1. The summed E-state index contributed by atoms with van der Waals surface area (Å²) in [5.74, 6) is -1.26. The first-order chi connectivity index (χ1) is 8.91. The van der Waals surface area contributed by atoms with E-state index in [2.05, 4.69) is 0 Å². The highest BCUT2D eigenvalue weighted by Crippen LogP contribution is 2.35. The van der Waals surface area contributed by atoms with E-state index in [0.29, 0.717) is 11.6 Å². The predicted molar refractivity (Wildman–Crippen MR) is 73.0 cm³/mol. The average molecular weight is 266 g/mol. The maximum absolute atomic E-state index is 13.5. The van der Waals surface area contributed by atoms with Crippen LogP contribution in [-0.4, -0.2) is 23.7 Å². The number of hydrogen-bond acceptors (Lipinski definition) is 3. The lowest BCUT2D eigenvalue weighted by molar-refractivity contribution is 0.0698. The predicted octanol–water partition coefficient (Wildman–Crippen LogP) is 2.73. The van der Waals surface area contributed by atoms with Gasteiger partial charge in [0, 0.05) is 12.6 Å². The Hall–Kier alpha value is -1.78. The van der Waals surface area contributed by atoms with E-state index in [4.69, 9.17) is 5.73 Å². The number of carboxylic acid groups (broad SMARTS) is 1. The lowest BCUT2D eigenvalue weighted by atomic mass is 10.1. The zero-order valence-electron chi connectivity index (χ0n) is 11.2. The second-order valence-corrected chi connectivity index (χ2v) is 5.35. The van der Waals surface area contributed by atoms with Crippen molar-refractivity contribution in [1.29, 1.82) is 0 Å². The highest BCUT2D eigenvalue weighted by Gasteiger charge is 2.29. The molecule has 0 radical (unpaired) electrons. The fraction of sp³-hybridized carbons (Fsp3) is 0.500. The molecule has 0 bridgehead atoms. The van der Waals surface area contributed by atoms with Crippen LogP contribution in [0.15, 0.2) is 12.1 Å². The number of anilines is 2. The fourth-order valence-electron chi connectivity index (χ4n) is 2.21. The van der Waals surface area contributed by atoms with Crippen LogP contribution in [0.5, 0.6) is 0 Å². The number of halogens is 1. The van der Waals surface area contributed by atoms with Crippen LogP contribution in [-0.2, 0) is 0 Å². The second-order valence-electron chi connectivity index (χ2n) is 5.35. The van der Waals surface area contributed by atoms with Gasteiger partial charge in [-0.3, -0.25) is 0 Å². The zero-order valence-corrected chi connectivity index (χ0v) is 11.2. The molecule has 0 aliphatic heterocycles. The Morgan fingerprint density at radius 1 is 1.53 bits per heavy atom. The Morgan fingerprint density at radius 2 is 2.16 bits per heavy atom. The molecule has 0 unspecified atom stereocenters. The third-order valence-corrected chi connectivity index (χ3v) is 3.47. The minimum absolute atomic E-state index is 0.130. The number of nitrogens with two attached hydrogens (primary N) is 1. The Kier molecular flexibility index (Phi) is 3.64. The van der Waals surface area contributed by atoms with Crippen LogP contribution < -0.4 is 10.6 Å². The van der Waals surface area contributed by atoms with E-state index in [0.717, 1.165) is 6.54 Å². The van der Waals surface area contributed by atoms with E-state index in [1.54, 1.807) is 0 Å². The van der Waals surface area contributed by atoms with Crippen molar-refractivity contribution in [2.75, 3.05) is 17.2 Å². The first-order valence-corrected chi connectivity index (χ1v) is 6.49. The third kappa shape index (κ3) is 2.80. The van der Waals surface area contributed by atoms with E-state index < -0.39 is 11.8 Å². The maximum Gasteiger partial charge on any atom is 0.340 e. The third-order valence-electron chi connectivity index (χ3n) is 3.47. The summed E-state index contributed by atoms with van der Waals surface area (Å²) < 4.78 is 13.5. The van der Waals surface area contributed by atoms with Gasteiger partial charge in [0.15, 0.2) is 0 Å². The van der Waals surface area contributed by atoms with Crippen LogP contribution >= 0.6 is 0 Å². The SMILES string of the molecule is CC(C)N(CC1CC1)c1ccc(F)c(N)c1C(=O)O. The van der Waals surface area contributed by atoms with E-state index in [1.807, 2.05) is 18.7 Å². The summed E-state index contributed by atoms with van der Waals surface area (Å²) in [4.78, 5) is 13.3. The van der Waals surface area contributed by atoms with Crippen LogP contribution in [0.4, 0.5) is 15.8 Å². The van der Waals surface area contributed by atoms with Gasteiger partial charge in [0.25, 0.3) is 0 Å². The van der Waals surface area contributed by atoms with Gasteiger partial charge in [-0.2, -0.15) is 0 Å². The zero-order chi connectivity index (χ0) is 14.2. The van der Waals surface area contributed by atoms with Gasteiger partial charge >= 0.3 is 5.97 Å². The maximum atomic E-state index is 13.5. The van der Waals surface area contributed by atoms with Gasteiger partial charge in [-0.15, -0.1) is 0 Å². The van der Waals surface area contributed by atoms with Crippen LogP contribution in [0.2, 0.25) is 0 Å². The molecule has 1 aromatic rings. The molecule has 0 heterocycles. The molecule has 5 heteroatoms. The number of nitrogens with zero attached hydrogens (tertiary/aromatic N) is 1. The molecule has 0 saturated heterocycles. The lowest BCUT2D eigenvalue weighted by Gasteiger charge is -2.30. The first kappa shape index (κ1) is 13.6. The topological polar surface area (TPSA) is 66.6 Å². The van der Waals surface area contributed by atoms with Crippen molar-refractivity contribution < 1.29 is 14.3 Å². The Bertz CT molecular complexity index is 498. The molecular weight excluding hydrogens is 247 g/mol. The normalized spacial score (nSPS) is 14.7. The molecule has 19 heavy (non-hydrogen) atoms. The molecule has 1 aliphatic carbocycles. The number of hydrogen-bond donors (Lipinski definition) is 2. The van der Waals surface area contributed by atoms with Gasteiger partial charge in [-0.25, -0.2) is 9.18 Å². The molecule has 0 aromatic heterocycles. The number of nitrogen functional groups attached to an aromatic ring is 1. The number of aromatic carboxylic acids is 1. The van der Waals surface area contributed by atoms with Gasteiger partial charge in [0.05, 0.1) is 11.4 Å². The summed E-state index contributed by atoms with van der Waals surface area (Å²) >= 11 is 0. The van der Waals surface area contributed by atoms with Gasteiger partial charge in [0.1, 0.15) is 11.4 Å². The van der Waals surface area contributed by atoms with Crippen molar-refractivity contribution >= 4 is 17.3 Å². The lowest BCUT2D eigenvalue weighted by Crippen LogP contribution is -2.34. The smallest absolute Gasteiger partial charge is 0.340 e. The van der Waals surface area contributed by atoms with Gasteiger partial charge in [-0.1, -0.05) is 0 Å². The summed E-state index contributed by atoms with van der Waals surface area (Å²) in [6.45, 7) is 4.78. The largest absolute Gasteiger partial charge is 0.478 e. The van der Waals surface area contributed by atoms with Crippen molar-refractivity contribution in [1.82, 2.24) is 0 Å². The minimum Gasteiger partial charge on any atom is -0.478 e. The van der Waals surface area contributed by atoms with E-state index in [-0.39, 0.29) is 17.3 Å². The van der Waals surface area contributed by atoms with Crippen LogP contribution in [0.25, 0.3) is 0 Å². The monoisotopic (exact) mass is 266 g/mol. The van der Waals surface area contributed by atoms with Gasteiger partial charge in [-0.05, 0) is 44.7 Å². The quantitative estimate of drug-likeness (QED) is 0.804. The second kappa shape index (κ2) is 5.07. The van der Waals surface area contributed by atoms with Crippen molar-refractivity contribution in [2.24, 2.45) is 5.92 Å². The molecular formula is C14H19FN2O2. The summed E-state index contributed by atoms with van der Waals surface area (Å²) in [5, 5.41) is 9.28.